The van der Waals surface area contributed by atoms with Gasteiger partial charge in [0, 0.05) is 22.6 Å². The van der Waals surface area contributed by atoms with E-state index >= 15 is 0 Å². The number of benzene rings is 1. The minimum absolute atomic E-state index is 0.266. The lowest BCUT2D eigenvalue weighted by molar-refractivity contribution is 0.0943. The number of nitrogens with one attached hydrogen (secondary N) is 2. The summed E-state index contributed by atoms with van der Waals surface area (Å²) in [4.78, 5) is 16.3. The van der Waals surface area contributed by atoms with Crippen LogP contribution in [0.25, 0.3) is 0 Å². The molecule has 0 saturated heterocycles. The number of pyridine rings is 1. The molecule has 0 atom stereocenters. The molecule has 1 amide bonds. The van der Waals surface area contributed by atoms with Gasteiger partial charge in [-0.2, -0.15) is 0 Å². The number of amides is 1. The highest BCUT2D eigenvalue weighted by atomic mass is 35.5. The number of carbonyl (C=O) groups is 1. The van der Waals surface area contributed by atoms with E-state index in [2.05, 4.69) is 15.6 Å². The molecule has 0 unspecified atom stereocenters. The van der Waals surface area contributed by atoms with Crippen LogP contribution in [-0.2, 0) is 6.54 Å². The number of aromatic nitrogens is 1. The number of furan rings is 1. The fraction of sp³-hybridized carbons (Fsp3) is 0.111. The maximum absolute atomic E-state index is 12.2. The van der Waals surface area contributed by atoms with Gasteiger partial charge in [-0.15, -0.1) is 0 Å². The van der Waals surface area contributed by atoms with Crippen molar-refractivity contribution in [3.63, 3.8) is 0 Å². The van der Waals surface area contributed by atoms with Crippen LogP contribution in [0.1, 0.15) is 21.8 Å². The van der Waals surface area contributed by atoms with Crippen LogP contribution in [0.4, 0.5) is 11.4 Å². The van der Waals surface area contributed by atoms with Gasteiger partial charge in [0.2, 0.25) is 0 Å². The summed E-state index contributed by atoms with van der Waals surface area (Å²) in [6.07, 6.45) is 3.15. The molecule has 0 spiro atoms. The molecule has 0 aliphatic rings. The molecule has 0 aliphatic heterocycles. The van der Waals surface area contributed by atoms with Crippen LogP contribution >= 0.6 is 11.6 Å². The highest BCUT2D eigenvalue weighted by Crippen LogP contribution is 2.24. The van der Waals surface area contributed by atoms with Crippen LogP contribution in [0.15, 0.2) is 59.3 Å². The zero-order chi connectivity index (χ0) is 16.9. The summed E-state index contributed by atoms with van der Waals surface area (Å²) in [7, 11) is 0. The van der Waals surface area contributed by atoms with E-state index in [4.69, 9.17) is 16.0 Å². The number of nitrogens with zero attached hydrogens (tertiary/aromatic N) is 1. The van der Waals surface area contributed by atoms with E-state index in [-0.39, 0.29) is 5.91 Å². The molecule has 2 N–H and O–H groups in total. The molecule has 1 aromatic carbocycles. The summed E-state index contributed by atoms with van der Waals surface area (Å²) in [5.74, 6) is 0.421. The standard InChI is InChI=1S/C18H16ClN3O2/c1-12-4-5-13(19)9-16(12)22-14-6-7-20-17(10-14)18(23)21-11-15-3-2-8-24-15/h2-10H,11H2,1H3,(H,20,22)(H,21,23). The van der Waals surface area contributed by atoms with E-state index in [0.717, 1.165) is 16.9 Å². The van der Waals surface area contributed by atoms with E-state index in [1.54, 1.807) is 36.7 Å². The van der Waals surface area contributed by atoms with Gasteiger partial charge in [-0.3, -0.25) is 9.78 Å². The first-order valence-electron chi connectivity index (χ1n) is 7.41. The molecule has 2 heterocycles. The summed E-state index contributed by atoms with van der Waals surface area (Å²) in [6, 6.07) is 12.7. The molecular weight excluding hydrogens is 326 g/mol. The molecule has 2 aromatic heterocycles. The first kappa shape index (κ1) is 16.1. The third kappa shape index (κ3) is 3.94. The van der Waals surface area contributed by atoms with Crippen LogP contribution in [0.2, 0.25) is 5.02 Å². The molecule has 0 bridgehead atoms. The van der Waals surface area contributed by atoms with Crippen LogP contribution in [0.3, 0.4) is 0 Å². The van der Waals surface area contributed by atoms with Crippen molar-refractivity contribution in [2.24, 2.45) is 0 Å². The van der Waals surface area contributed by atoms with E-state index in [1.165, 1.54) is 0 Å². The Kier molecular flexibility index (Phi) is 4.82. The lowest BCUT2D eigenvalue weighted by Crippen LogP contribution is -2.23. The Bertz CT molecular complexity index is 847. The van der Waals surface area contributed by atoms with Crippen molar-refractivity contribution in [3.8, 4) is 0 Å². The molecule has 5 nitrogen and oxygen atoms in total. The minimum Gasteiger partial charge on any atom is -0.467 e. The second-order valence-corrected chi connectivity index (χ2v) is 5.71. The highest BCUT2D eigenvalue weighted by Gasteiger charge is 2.09. The highest BCUT2D eigenvalue weighted by molar-refractivity contribution is 6.30. The van der Waals surface area contributed by atoms with Gasteiger partial charge >= 0.3 is 0 Å². The summed E-state index contributed by atoms with van der Waals surface area (Å²) < 4.78 is 5.19. The van der Waals surface area contributed by atoms with Crippen LogP contribution in [-0.4, -0.2) is 10.9 Å². The average molecular weight is 342 g/mol. The Morgan fingerprint density at radius 1 is 1.25 bits per heavy atom. The number of halogens is 1. The van der Waals surface area contributed by atoms with Gasteiger partial charge in [0.25, 0.3) is 5.91 Å². The number of rotatable bonds is 5. The van der Waals surface area contributed by atoms with Crippen LogP contribution < -0.4 is 10.6 Å². The lowest BCUT2D eigenvalue weighted by Gasteiger charge is -2.11. The summed E-state index contributed by atoms with van der Waals surface area (Å²) in [5.41, 5.74) is 3.03. The third-order valence-corrected chi connectivity index (χ3v) is 3.71. The second kappa shape index (κ2) is 7.19. The summed E-state index contributed by atoms with van der Waals surface area (Å²) in [6.45, 7) is 2.30. The first-order valence-corrected chi connectivity index (χ1v) is 7.79. The zero-order valence-corrected chi connectivity index (χ0v) is 13.8. The van der Waals surface area contributed by atoms with Crippen molar-refractivity contribution in [2.45, 2.75) is 13.5 Å². The lowest BCUT2D eigenvalue weighted by atomic mass is 10.2. The Morgan fingerprint density at radius 2 is 2.12 bits per heavy atom. The van der Waals surface area contributed by atoms with Gasteiger partial charge in [0.1, 0.15) is 11.5 Å². The van der Waals surface area contributed by atoms with Crippen molar-refractivity contribution in [3.05, 3.63) is 77.0 Å². The Balaban J connectivity index is 1.71. The molecule has 122 valence electrons. The van der Waals surface area contributed by atoms with Crippen LogP contribution in [0, 0.1) is 6.92 Å². The SMILES string of the molecule is Cc1ccc(Cl)cc1Nc1ccnc(C(=O)NCc2ccco2)c1. The van der Waals surface area contributed by atoms with Crippen molar-refractivity contribution >= 4 is 28.9 Å². The van der Waals surface area contributed by atoms with E-state index in [9.17, 15) is 4.79 Å². The third-order valence-electron chi connectivity index (χ3n) is 3.47. The molecule has 0 fully saturated rings. The van der Waals surface area contributed by atoms with Crippen molar-refractivity contribution in [1.29, 1.82) is 0 Å². The Hall–Kier alpha value is -2.79. The number of aryl methyl sites for hydroxylation is 1. The van der Waals surface area contributed by atoms with Crippen molar-refractivity contribution < 1.29 is 9.21 Å². The van der Waals surface area contributed by atoms with E-state index < -0.39 is 0 Å². The Labute approximate surface area is 144 Å². The van der Waals surface area contributed by atoms with Crippen molar-refractivity contribution in [2.75, 3.05) is 5.32 Å². The normalized spacial score (nSPS) is 10.4. The van der Waals surface area contributed by atoms with Crippen molar-refractivity contribution in [1.82, 2.24) is 10.3 Å². The smallest absolute Gasteiger partial charge is 0.270 e. The topological polar surface area (TPSA) is 67.2 Å². The number of hydrogen-bond acceptors (Lipinski definition) is 4. The predicted octanol–water partition coefficient (Wildman–Crippen LogP) is 4.31. The molecule has 3 rings (SSSR count). The fourth-order valence-corrected chi connectivity index (χ4v) is 2.36. The van der Waals surface area contributed by atoms with E-state index in [0.29, 0.717) is 23.0 Å². The summed E-state index contributed by atoms with van der Waals surface area (Å²) in [5, 5.41) is 6.67. The molecule has 0 aliphatic carbocycles. The first-order chi connectivity index (χ1) is 11.6. The minimum atomic E-state index is -0.266. The van der Waals surface area contributed by atoms with Crippen LogP contribution in [0.5, 0.6) is 0 Å². The monoisotopic (exact) mass is 341 g/mol. The predicted molar refractivity (Wildman–Crippen MR) is 93.6 cm³/mol. The van der Waals surface area contributed by atoms with E-state index in [1.807, 2.05) is 25.1 Å². The van der Waals surface area contributed by atoms with Gasteiger partial charge in [0.05, 0.1) is 12.8 Å². The number of anilines is 2. The Morgan fingerprint density at radius 3 is 2.92 bits per heavy atom. The fourth-order valence-electron chi connectivity index (χ4n) is 2.19. The molecule has 3 aromatic rings. The molecular formula is C18H16ClN3O2. The summed E-state index contributed by atoms with van der Waals surface area (Å²) >= 11 is 6.03. The quantitative estimate of drug-likeness (QED) is 0.725. The molecule has 0 saturated carbocycles. The largest absolute Gasteiger partial charge is 0.467 e. The molecule has 6 heteroatoms. The molecule has 24 heavy (non-hydrogen) atoms. The maximum atomic E-state index is 12.2. The zero-order valence-electron chi connectivity index (χ0n) is 13.0. The maximum Gasteiger partial charge on any atom is 0.270 e. The van der Waals surface area contributed by atoms with Gasteiger partial charge < -0.3 is 15.1 Å². The molecule has 0 radical (unpaired) electrons. The second-order valence-electron chi connectivity index (χ2n) is 5.28. The number of hydrogen-bond donors (Lipinski definition) is 2. The van der Waals surface area contributed by atoms with Gasteiger partial charge in [-0.25, -0.2) is 0 Å². The van der Waals surface area contributed by atoms with Gasteiger partial charge in [0.15, 0.2) is 0 Å². The van der Waals surface area contributed by atoms with Gasteiger partial charge in [-0.1, -0.05) is 17.7 Å². The number of carbonyl (C=O) groups excluding carboxylic acids is 1. The average Bonchev–Trinajstić information content (AvgIpc) is 3.10. The van der Waals surface area contributed by atoms with Gasteiger partial charge in [-0.05, 0) is 48.9 Å².